The second-order valence-electron chi connectivity index (χ2n) is 4.41. The molecule has 2 unspecified atom stereocenters. The van der Waals surface area contributed by atoms with Crippen molar-refractivity contribution in [2.75, 3.05) is 18.6 Å². The SMILES string of the molecule is CC1OCCC1CNC(=O)c1ccc(NN)nc1. The number of hydrogen-bond donors (Lipinski definition) is 3. The van der Waals surface area contributed by atoms with Gasteiger partial charge in [0.25, 0.3) is 5.91 Å². The Morgan fingerprint density at radius 3 is 3.00 bits per heavy atom. The Bertz CT molecular complexity index is 407. The van der Waals surface area contributed by atoms with Gasteiger partial charge < -0.3 is 15.5 Å². The highest BCUT2D eigenvalue weighted by Gasteiger charge is 2.24. The zero-order chi connectivity index (χ0) is 13.0. The number of nitrogens with two attached hydrogens (primary N) is 1. The van der Waals surface area contributed by atoms with E-state index in [1.807, 2.05) is 6.92 Å². The fourth-order valence-corrected chi connectivity index (χ4v) is 1.98. The fraction of sp³-hybridized carbons (Fsp3) is 0.500. The van der Waals surface area contributed by atoms with E-state index in [4.69, 9.17) is 10.6 Å². The monoisotopic (exact) mass is 250 g/mol. The molecule has 0 spiro atoms. The van der Waals surface area contributed by atoms with Crippen molar-refractivity contribution in [3.8, 4) is 0 Å². The molecule has 1 saturated heterocycles. The summed E-state index contributed by atoms with van der Waals surface area (Å²) < 4.78 is 5.45. The van der Waals surface area contributed by atoms with Crippen molar-refractivity contribution >= 4 is 11.7 Å². The Balaban J connectivity index is 1.87. The average molecular weight is 250 g/mol. The number of hydrazine groups is 1. The van der Waals surface area contributed by atoms with Gasteiger partial charge in [-0.2, -0.15) is 0 Å². The van der Waals surface area contributed by atoms with E-state index in [0.29, 0.717) is 23.8 Å². The highest BCUT2D eigenvalue weighted by molar-refractivity contribution is 5.94. The summed E-state index contributed by atoms with van der Waals surface area (Å²) in [4.78, 5) is 15.9. The molecule has 0 radical (unpaired) electrons. The molecule has 2 heterocycles. The molecule has 2 rings (SSSR count). The summed E-state index contributed by atoms with van der Waals surface area (Å²) in [6.07, 6.45) is 2.71. The lowest BCUT2D eigenvalue weighted by Gasteiger charge is -2.14. The van der Waals surface area contributed by atoms with Crippen LogP contribution in [-0.4, -0.2) is 30.1 Å². The molecule has 0 aliphatic carbocycles. The van der Waals surface area contributed by atoms with Crippen molar-refractivity contribution in [1.82, 2.24) is 10.3 Å². The molecular weight excluding hydrogens is 232 g/mol. The van der Waals surface area contributed by atoms with Crippen LogP contribution >= 0.6 is 0 Å². The van der Waals surface area contributed by atoms with E-state index >= 15 is 0 Å². The average Bonchev–Trinajstić information content (AvgIpc) is 2.81. The molecule has 1 aliphatic heterocycles. The van der Waals surface area contributed by atoms with Gasteiger partial charge in [-0.25, -0.2) is 10.8 Å². The summed E-state index contributed by atoms with van der Waals surface area (Å²) in [5.41, 5.74) is 2.94. The quantitative estimate of drug-likeness (QED) is 0.535. The number of hydrogen-bond acceptors (Lipinski definition) is 5. The lowest BCUT2D eigenvalue weighted by atomic mass is 10.0. The van der Waals surface area contributed by atoms with Crippen molar-refractivity contribution in [2.45, 2.75) is 19.4 Å². The molecule has 6 heteroatoms. The number of nitrogens with zero attached hydrogens (tertiary/aromatic N) is 1. The number of anilines is 1. The molecular formula is C12H18N4O2. The maximum atomic E-state index is 11.9. The van der Waals surface area contributed by atoms with Crippen LogP contribution in [0.1, 0.15) is 23.7 Å². The van der Waals surface area contributed by atoms with Gasteiger partial charge in [0.15, 0.2) is 0 Å². The van der Waals surface area contributed by atoms with Gasteiger partial charge in [0.2, 0.25) is 0 Å². The van der Waals surface area contributed by atoms with Crippen LogP contribution in [0.15, 0.2) is 18.3 Å². The Morgan fingerprint density at radius 2 is 2.44 bits per heavy atom. The summed E-state index contributed by atoms with van der Waals surface area (Å²) in [5.74, 6) is 6.01. The number of amides is 1. The number of aromatic nitrogens is 1. The van der Waals surface area contributed by atoms with Crippen LogP contribution in [0.5, 0.6) is 0 Å². The minimum absolute atomic E-state index is 0.120. The summed E-state index contributed by atoms with van der Waals surface area (Å²) >= 11 is 0. The van der Waals surface area contributed by atoms with Crippen molar-refractivity contribution in [2.24, 2.45) is 11.8 Å². The van der Waals surface area contributed by atoms with Crippen LogP contribution in [0.3, 0.4) is 0 Å². The third-order valence-corrected chi connectivity index (χ3v) is 3.23. The van der Waals surface area contributed by atoms with Gasteiger partial charge in [0.05, 0.1) is 11.7 Å². The maximum absolute atomic E-state index is 11.9. The first-order valence-electron chi connectivity index (χ1n) is 6.03. The molecule has 1 fully saturated rings. The minimum atomic E-state index is -0.120. The van der Waals surface area contributed by atoms with Crippen LogP contribution in [0, 0.1) is 5.92 Å². The van der Waals surface area contributed by atoms with E-state index in [2.05, 4.69) is 15.7 Å². The number of ether oxygens (including phenoxy) is 1. The van der Waals surface area contributed by atoms with Crippen LogP contribution in [0.2, 0.25) is 0 Å². The molecule has 0 bridgehead atoms. The van der Waals surface area contributed by atoms with Gasteiger partial charge in [-0.1, -0.05) is 0 Å². The molecule has 4 N–H and O–H groups in total. The molecule has 98 valence electrons. The van der Waals surface area contributed by atoms with Gasteiger partial charge >= 0.3 is 0 Å². The second-order valence-corrected chi connectivity index (χ2v) is 4.41. The lowest BCUT2D eigenvalue weighted by molar-refractivity contribution is 0.0907. The molecule has 2 atom stereocenters. The van der Waals surface area contributed by atoms with Crippen molar-refractivity contribution in [3.63, 3.8) is 0 Å². The number of carbonyl (C=O) groups is 1. The number of nitrogens with one attached hydrogen (secondary N) is 2. The zero-order valence-electron chi connectivity index (χ0n) is 10.3. The normalized spacial score (nSPS) is 22.8. The highest BCUT2D eigenvalue weighted by Crippen LogP contribution is 2.19. The lowest BCUT2D eigenvalue weighted by Crippen LogP contribution is -2.32. The zero-order valence-corrected chi connectivity index (χ0v) is 10.3. The molecule has 0 aromatic carbocycles. The first-order valence-corrected chi connectivity index (χ1v) is 6.03. The van der Waals surface area contributed by atoms with Crippen molar-refractivity contribution < 1.29 is 9.53 Å². The third-order valence-electron chi connectivity index (χ3n) is 3.23. The maximum Gasteiger partial charge on any atom is 0.252 e. The Kier molecular flexibility index (Phi) is 4.11. The molecule has 6 nitrogen and oxygen atoms in total. The predicted octanol–water partition coefficient (Wildman–Crippen LogP) is 0.522. The largest absolute Gasteiger partial charge is 0.378 e. The van der Waals surface area contributed by atoms with E-state index in [9.17, 15) is 4.79 Å². The van der Waals surface area contributed by atoms with Gasteiger partial charge in [-0.05, 0) is 25.5 Å². The Morgan fingerprint density at radius 1 is 1.61 bits per heavy atom. The molecule has 1 amide bonds. The van der Waals surface area contributed by atoms with Crippen LogP contribution < -0.4 is 16.6 Å². The summed E-state index contributed by atoms with van der Waals surface area (Å²) in [6, 6.07) is 3.35. The number of carbonyl (C=O) groups excluding carboxylic acids is 1. The Hall–Kier alpha value is -1.66. The number of rotatable bonds is 4. The first-order chi connectivity index (χ1) is 8.70. The standard InChI is InChI=1S/C12H18N4O2/c1-8-9(4-5-18-8)6-15-12(17)10-2-3-11(16-13)14-7-10/h2-3,7-9H,4-6,13H2,1H3,(H,14,16)(H,15,17). The highest BCUT2D eigenvalue weighted by atomic mass is 16.5. The third kappa shape index (κ3) is 2.96. The van der Waals surface area contributed by atoms with E-state index in [-0.39, 0.29) is 12.0 Å². The molecule has 1 aliphatic rings. The summed E-state index contributed by atoms with van der Waals surface area (Å²) in [6.45, 7) is 3.45. The summed E-state index contributed by atoms with van der Waals surface area (Å²) in [7, 11) is 0. The van der Waals surface area contributed by atoms with E-state index in [1.54, 1.807) is 12.1 Å². The van der Waals surface area contributed by atoms with Gasteiger partial charge in [-0.15, -0.1) is 0 Å². The van der Waals surface area contributed by atoms with Gasteiger partial charge in [0, 0.05) is 25.3 Å². The molecule has 0 saturated carbocycles. The van der Waals surface area contributed by atoms with Gasteiger partial charge in [0.1, 0.15) is 5.82 Å². The topological polar surface area (TPSA) is 89.3 Å². The van der Waals surface area contributed by atoms with E-state index < -0.39 is 0 Å². The fourth-order valence-electron chi connectivity index (χ4n) is 1.98. The van der Waals surface area contributed by atoms with Crippen LogP contribution in [-0.2, 0) is 4.74 Å². The predicted molar refractivity (Wildman–Crippen MR) is 67.9 cm³/mol. The van der Waals surface area contributed by atoms with E-state index in [1.165, 1.54) is 6.20 Å². The van der Waals surface area contributed by atoms with Gasteiger partial charge in [-0.3, -0.25) is 4.79 Å². The molecule has 18 heavy (non-hydrogen) atoms. The van der Waals surface area contributed by atoms with Crippen LogP contribution in [0.4, 0.5) is 5.82 Å². The molecule has 1 aromatic rings. The number of nitrogen functional groups attached to an aromatic ring is 1. The van der Waals surface area contributed by atoms with E-state index in [0.717, 1.165) is 13.0 Å². The Labute approximate surface area is 106 Å². The molecule has 1 aromatic heterocycles. The van der Waals surface area contributed by atoms with Crippen molar-refractivity contribution in [3.05, 3.63) is 23.9 Å². The smallest absolute Gasteiger partial charge is 0.252 e. The minimum Gasteiger partial charge on any atom is -0.378 e. The first kappa shape index (κ1) is 12.8. The number of pyridine rings is 1. The second kappa shape index (κ2) is 5.79. The van der Waals surface area contributed by atoms with Crippen molar-refractivity contribution in [1.29, 1.82) is 0 Å². The van der Waals surface area contributed by atoms with Crippen LogP contribution in [0.25, 0.3) is 0 Å². The summed E-state index contributed by atoms with van der Waals surface area (Å²) in [5, 5.41) is 2.90.